The number of sulfonamides is 1. The Labute approximate surface area is 121 Å². The molecule has 2 N–H and O–H groups in total. The van der Waals surface area contributed by atoms with Gasteiger partial charge >= 0.3 is 0 Å². The summed E-state index contributed by atoms with van der Waals surface area (Å²) < 4.78 is 41.4. The van der Waals surface area contributed by atoms with Crippen molar-refractivity contribution in [3.8, 4) is 0 Å². The molecule has 20 heavy (non-hydrogen) atoms. The summed E-state index contributed by atoms with van der Waals surface area (Å²) >= 11 is 5.70. The maximum Gasteiger partial charge on any atom is 0.256 e. The number of hydrogen-bond acceptors (Lipinski definition) is 4. The SMILES string of the molecule is COCCN(C)C(=O)c1cc(Cl)cc(S(N)(=O)=O)c1F. The van der Waals surface area contributed by atoms with Gasteiger partial charge in [0, 0.05) is 25.7 Å². The second kappa shape index (κ2) is 6.49. The van der Waals surface area contributed by atoms with Crippen LogP contribution in [-0.2, 0) is 14.8 Å². The van der Waals surface area contributed by atoms with Crippen LogP contribution in [0.5, 0.6) is 0 Å². The van der Waals surface area contributed by atoms with Crippen LogP contribution in [0.1, 0.15) is 10.4 Å². The lowest BCUT2D eigenvalue weighted by Gasteiger charge is -2.17. The number of carbonyl (C=O) groups is 1. The molecule has 112 valence electrons. The summed E-state index contributed by atoms with van der Waals surface area (Å²) in [6.45, 7) is 0.471. The van der Waals surface area contributed by atoms with Gasteiger partial charge in [-0.05, 0) is 12.1 Å². The van der Waals surface area contributed by atoms with E-state index in [1.54, 1.807) is 0 Å². The fourth-order valence-electron chi connectivity index (χ4n) is 1.46. The number of rotatable bonds is 5. The maximum atomic E-state index is 14.1. The third-order valence-corrected chi connectivity index (χ3v) is 3.65. The fraction of sp³-hybridized carbons (Fsp3) is 0.364. The summed E-state index contributed by atoms with van der Waals surface area (Å²) in [5.74, 6) is -1.93. The molecule has 1 amide bonds. The van der Waals surface area contributed by atoms with Crippen LogP contribution >= 0.6 is 11.6 Å². The Morgan fingerprint density at radius 3 is 2.60 bits per heavy atom. The lowest BCUT2D eigenvalue weighted by Crippen LogP contribution is -2.31. The van der Waals surface area contributed by atoms with Crippen LogP contribution in [0.25, 0.3) is 0 Å². The van der Waals surface area contributed by atoms with Gasteiger partial charge in [-0.2, -0.15) is 0 Å². The van der Waals surface area contributed by atoms with Gasteiger partial charge in [-0.15, -0.1) is 0 Å². The van der Waals surface area contributed by atoms with E-state index in [1.165, 1.54) is 19.1 Å². The molecule has 0 saturated carbocycles. The third kappa shape index (κ3) is 3.89. The predicted molar refractivity (Wildman–Crippen MR) is 71.6 cm³/mol. The number of primary sulfonamides is 1. The first kappa shape index (κ1) is 16.8. The molecule has 1 rings (SSSR count). The van der Waals surface area contributed by atoms with Crippen LogP contribution in [-0.4, -0.2) is 46.5 Å². The van der Waals surface area contributed by atoms with Crippen molar-refractivity contribution in [1.29, 1.82) is 0 Å². The normalized spacial score (nSPS) is 11.4. The lowest BCUT2D eigenvalue weighted by molar-refractivity contribution is 0.0739. The Morgan fingerprint density at radius 2 is 2.10 bits per heavy atom. The van der Waals surface area contributed by atoms with E-state index in [0.717, 1.165) is 12.1 Å². The molecule has 0 aliphatic rings. The molecule has 0 spiro atoms. The smallest absolute Gasteiger partial charge is 0.256 e. The average molecular weight is 325 g/mol. The van der Waals surface area contributed by atoms with Crippen molar-refractivity contribution in [1.82, 2.24) is 4.90 Å². The summed E-state index contributed by atoms with van der Waals surface area (Å²) in [4.78, 5) is 12.4. The summed E-state index contributed by atoms with van der Waals surface area (Å²) in [6.07, 6.45) is 0. The monoisotopic (exact) mass is 324 g/mol. The van der Waals surface area contributed by atoms with Gasteiger partial charge in [-0.3, -0.25) is 4.79 Å². The number of nitrogens with zero attached hydrogens (tertiary/aromatic N) is 1. The molecular formula is C11H14ClFN2O4S. The largest absolute Gasteiger partial charge is 0.383 e. The van der Waals surface area contributed by atoms with Gasteiger partial charge in [0.05, 0.1) is 12.2 Å². The highest BCUT2D eigenvalue weighted by atomic mass is 35.5. The van der Waals surface area contributed by atoms with Crippen molar-refractivity contribution in [2.45, 2.75) is 4.90 Å². The number of halogens is 2. The molecule has 0 unspecified atom stereocenters. The minimum absolute atomic E-state index is 0.0982. The number of amides is 1. The van der Waals surface area contributed by atoms with E-state index in [4.69, 9.17) is 21.5 Å². The van der Waals surface area contributed by atoms with Crippen molar-refractivity contribution < 1.29 is 22.3 Å². The van der Waals surface area contributed by atoms with Gasteiger partial charge < -0.3 is 9.64 Å². The van der Waals surface area contributed by atoms with Crippen molar-refractivity contribution >= 4 is 27.5 Å². The summed E-state index contributed by atoms with van der Waals surface area (Å²) in [5, 5.41) is 4.78. The van der Waals surface area contributed by atoms with Gasteiger partial charge in [0.1, 0.15) is 4.90 Å². The van der Waals surface area contributed by atoms with Gasteiger partial charge in [0.15, 0.2) is 5.82 Å². The number of benzene rings is 1. The highest BCUT2D eigenvalue weighted by Crippen LogP contribution is 2.23. The third-order valence-electron chi connectivity index (χ3n) is 2.52. The van der Waals surface area contributed by atoms with Crippen LogP contribution in [0.4, 0.5) is 4.39 Å². The quantitative estimate of drug-likeness (QED) is 0.869. The van der Waals surface area contributed by atoms with E-state index < -0.39 is 32.2 Å². The molecule has 1 aromatic rings. The van der Waals surface area contributed by atoms with Crippen molar-refractivity contribution in [2.75, 3.05) is 27.3 Å². The van der Waals surface area contributed by atoms with Crippen LogP contribution in [0.2, 0.25) is 5.02 Å². The molecule has 0 aromatic heterocycles. The molecule has 0 bridgehead atoms. The zero-order valence-corrected chi connectivity index (χ0v) is 12.5. The van der Waals surface area contributed by atoms with E-state index >= 15 is 0 Å². The molecule has 0 atom stereocenters. The van der Waals surface area contributed by atoms with Gasteiger partial charge in [0.25, 0.3) is 5.91 Å². The first-order chi connectivity index (χ1) is 9.18. The molecule has 0 heterocycles. The molecule has 0 fully saturated rings. The Balaban J connectivity index is 3.26. The van der Waals surface area contributed by atoms with Gasteiger partial charge in [-0.1, -0.05) is 11.6 Å². The minimum atomic E-state index is -4.31. The zero-order chi connectivity index (χ0) is 15.5. The molecule has 0 aliphatic heterocycles. The van der Waals surface area contributed by atoms with Crippen molar-refractivity contribution in [2.24, 2.45) is 5.14 Å². The van der Waals surface area contributed by atoms with E-state index in [-0.39, 0.29) is 18.2 Å². The Kier molecular flexibility index (Phi) is 5.46. The minimum Gasteiger partial charge on any atom is -0.383 e. The molecule has 0 radical (unpaired) electrons. The molecule has 9 heteroatoms. The standard InChI is InChI=1S/C11H14ClFN2O4S/c1-15(3-4-19-2)11(16)8-5-7(12)6-9(10(8)13)20(14,17)18/h5-6H,3-4H2,1-2H3,(H2,14,17,18). The summed E-state index contributed by atoms with van der Waals surface area (Å²) in [6, 6.07) is 1.91. The van der Waals surface area contributed by atoms with Crippen molar-refractivity contribution in [3.63, 3.8) is 0 Å². The first-order valence-corrected chi connectivity index (χ1v) is 7.37. The predicted octanol–water partition coefficient (Wildman–Crippen LogP) is 0.845. The summed E-state index contributed by atoms with van der Waals surface area (Å²) in [7, 11) is -1.42. The molecular weight excluding hydrogens is 311 g/mol. The number of hydrogen-bond donors (Lipinski definition) is 1. The Bertz CT molecular complexity index is 621. The zero-order valence-electron chi connectivity index (χ0n) is 10.9. The Morgan fingerprint density at radius 1 is 1.50 bits per heavy atom. The van der Waals surface area contributed by atoms with Crippen LogP contribution in [0.15, 0.2) is 17.0 Å². The van der Waals surface area contributed by atoms with E-state index in [1.807, 2.05) is 0 Å². The molecule has 1 aromatic carbocycles. The highest BCUT2D eigenvalue weighted by Gasteiger charge is 2.24. The number of likely N-dealkylation sites (N-methyl/N-ethyl adjacent to an activating group) is 1. The number of ether oxygens (including phenoxy) is 1. The second-order valence-electron chi connectivity index (χ2n) is 4.03. The van der Waals surface area contributed by atoms with Crippen LogP contribution in [0.3, 0.4) is 0 Å². The van der Waals surface area contributed by atoms with Gasteiger partial charge in [-0.25, -0.2) is 17.9 Å². The molecule has 0 aliphatic carbocycles. The molecule has 0 saturated heterocycles. The highest BCUT2D eigenvalue weighted by molar-refractivity contribution is 7.89. The lowest BCUT2D eigenvalue weighted by atomic mass is 10.2. The van der Waals surface area contributed by atoms with E-state index in [0.29, 0.717) is 0 Å². The summed E-state index contributed by atoms with van der Waals surface area (Å²) in [5.41, 5.74) is -0.458. The second-order valence-corrected chi connectivity index (χ2v) is 6.00. The van der Waals surface area contributed by atoms with Gasteiger partial charge in [0.2, 0.25) is 10.0 Å². The number of carbonyl (C=O) groups excluding carboxylic acids is 1. The first-order valence-electron chi connectivity index (χ1n) is 5.44. The average Bonchev–Trinajstić information content (AvgIpc) is 2.36. The fourth-order valence-corrected chi connectivity index (χ4v) is 2.40. The van der Waals surface area contributed by atoms with E-state index in [2.05, 4.69) is 0 Å². The topological polar surface area (TPSA) is 89.7 Å². The molecule has 6 nitrogen and oxygen atoms in total. The Hall–Kier alpha value is -1.22. The van der Waals surface area contributed by atoms with Crippen molar-refractivity contribution in [3.05, 3.63) is 28.5 Å². The maximum absolute atomic E-state index is 14.1. The van der Waals surface area contributed by atoms with Crippen LogP contribution in [0, 0.1) is 5.82 Å². The van der Waals surface area contributed by atoms with Crippen LogP contribution < -0.4 is 5.14 Å². The number of methoxy groups -OCH3 is 1. The number of nitrogens with two attached hydrogens (primary N) is 1. The van der Waals surface area contributed by atoms with E-state index in [9.17, 15) is 17.6 Å².